The maximum Gasteiger partial charge on any atom is 0.411 e. The average molecular weight is 465 g/mol. The Balaban J connectivity index is 1.42. The standard InChI is InChI=1S/C24H28N6O4/c1-32-24(31)25-16-4-2-14(3-5-16)20-19-21(15-8-10-33-11-9-15)28-29-22(19)27-23(26-20)30-12-17-6-7-18(13-30)34-17/h2-5,15,17-18H,6-13H2,1H3,(H,25,31)(H,26,27,28,29). The zero-order valence-electron chi connectivity index (χ0n) is 19.1. The van der Waals surface area contributed by atoms with E-state index in [9.17, 15) is 4.79 Å². The van der Waals surface area contributed by atoms with Crippen molar-refractivity contribution in [3.05, 3.63) is 30.0 Å². The molecule has 178 valence electrons. The molecule has 10 heteroatoms. The summed E-state index contributed by atoms with van der Waals surface area (Å²) in [5.41, 5.74) is 4.19. The number of morpholine rings is 1. The molecule has 0 saturated carbocycles. The third-order valence-corrected chi connectivity index (χ3v) is 6.96. The Kier molecular flexibility index (Phi) is 5.54. The lowest BCUT2D eigenvalue weighted by molar-refractivity contribution is 0.0299. The summed E-state index contributed by atoms with van der Waals surface area (Å²) in [5.74, 6) is 0.997. The maximum atomic E-state index is 11.6. The summed E-state index contributed by atoms with van der Waals surface area (Å²) in [6.45, 7) is 3.06. The molecule has 10 nitrogen and oxygen atoms in total. The largest absolute Gasteiger partial charge is 0.453 e. The third-order valence-electron chi connectivity index (χ3n) is 6.96. The molecule has 1 aromatic carbocycles. The van der Waals surface area contributed by atoms with E-state index in [0.29, 0.717) is 17.6 Å². The van der Waals surface area contributed by atoms with Gasteiger partial charge in [0, 0.05) is 43.5 Å². The zero-order valence-corrected chi connectivity index (χ0v) is 19.1. The second-order valence-electron chi connectivity index (χ2n) is 9.15. The highest BCUT2D eigenvalue weighted by molar-refractivity contribution is 5.94. The Morgan fingerprint density at radius 1 is 1.09 bits per heavy atom. The molecule has 34 heavy (non-hydrogen) atoms. The van der Waals surface area contributed by atoms with Gasteiger partial charge in [0.1, 0.15) is 0 Å². The number of benzene rings is 1. The monoisotopic (exact) mass is 464 g/mol. The lowest BCUT2D eigenvalue weighted by Gasteiger charge is -2.32. The summed E-state index contributed by atoms with van der Waals surface area (Å²) in [7, 11) is 1.34. The quantitative estimate of drug-likeness (QED) is 0.603. The minimum atomic E-state index is -0.502. The van der Waals surface area contributed by atoms with Gasteiger partial charge in [-0.3, -0.25) is 10.4 Å². The SMILES string of the molecule is COC(=O)Nc1ccc(-c2nc(N3CC4CCC(C3)O4)nc3[nH]nc(C4CCOCC4)c23)cc1. The Bertz CT molecular complexity index is 1180. The van der Waals surface area contributed by atoms with Gasteiger partial charge in [0.05, 0.1) is 36.1 Å². The van der Waals surface area contributed by atoms with Crippen LogP contribution in [0.15, 0.2) is 24.3 Å². The van der Waals surface area contributed by atoms with Crippen molar-refractivity contribution in [3.8, 4) is 11.3 Å². The summed E-state index contributed by atoms with van der Waals surface area (Å²) >= 11 is 0. The Morgan fingerprint density at radius 3 is 2.53 bits per heavy atom. The minimum Gasteiger partial charge on any atom is -0.453 e. The molecule has 3 saturated heterocycles. The second kappa shape index (κ2) is 8.84. The highest BCUT2D eigenvalue weighted by Crippen LogP contribution is 2.37. The van der Waals surface area contributed by atoms with Crippen molar-refractivity contribution in [3.63, 3.8) is 0 Å². The molecule has 0 radical (unpaired) electrons. The maximum absolute atomic E-state index is 11.6. The number of fused-ring (bicyclic) bond motifs is 3. The molecular formula is C24H28N6O4. The van der Waals surface area contributed by atoms with Gasteiger partial charge in [-0.25, -0.2) is 9.78 Å². The molecule has 3 aliphatic rings. The highest BCUT2D eigenvalue weighted by Gasteiger charge is 2.35. The van der Waals surface area contributed by atoms with E-state index in [1.165, 1.54) is 7.11 Å². The van der Waals surface area contributed by atoms with Gasteiger partial charge in [0.2, 0.25) is 5.95 Å². The number of H-pyrrole nitrogens is 1. The number of nitrogens with one attached hydrogen (secondary N) is 2. The average Bonchev–Trinajstić information content (AvgIpc) is 3.46. The van der Waals surface area contributed by atoms with E-state index in [2.05, 4.69) is 15.3 Å². The van der Waals surface area contributed by atoms with Crippen LogP contribution in [0.4, 0.5) is 16.4 Å². The van der Waals surface area contributed by atoms with Crippen LogP contribution in [0.5, 0.6) is 0 Å². The number of nitrogens with zero attached hydrogens (tertiary/aromatic N) is 4. The van der Waals surface area contributed by atoms with Crippen LogP contribution in [-0.2, 0) is 14.2 Å². The van der Waals surface area contributed by atoms with Crippen molar-refractivity contribution in [1.29, 1.82) is 0 Å². The molecule has 3 fully saturated rings. The molecule has 2 aromatic heterocycles. The van der Waals surface area contributed by atoms with Crippen molar-refractivity contribution in [2.24, 2.45) is 0 Å². The van der Waals surface area contributed by atoms with Crippen LogP contribution >= 0.6 is 0 Å². The molecule has 1 amide bonds. The van der Waals surface area contributed by atoms with Crippen molar-refractivity contribution in [1.82, 2.24) is 20.2 Å². The van der Waals surface area contributed by atoms with Crippen LogP contribution in [0.1, 0.15) is 37.3 Å². The first-order valence-electron chi connectivity index (χ1n) is 11.9. The van der Waals surface area contributed by atoms with Crippen LogP contribution in [-0.4, -0.2) is 71.9 Å². The summed E-state index contributed by atoms with van der Waals surface area (Å²) in [6.07, 6.45) is 4.00. The van der Waals surface area contributed by atoms with Crippen molar-refractivity contribution >= 4 is 28.8 Å². The van der Waals surface area contributed by atoms with Crippen molar-refractivity contribution < 1.29 is 19.0 Å². The number of hydrogen-bond acceptors (Lipinski definition) is 8. The van der Waals surface area contributed by atoms with Crippen LogP contribution < -0.4 is 10.2 Å². The third kappa shape index (κ3) is 3.97. The van der Waals surface area contributed by atoms with Gasteiger partial charge < -0.3 is 19.1 Å². The first-order chi connectivity index (χ1) is 16.7. The first-order valence-corrected chi connectivity index (χ1v) is 11.9. The van der Waals surface area contributed by atoms with Crippen molar-refractivity contribution in [2.45, 2.75) is 43.8 Å². The van der Waals surface area contributed by atoms with Gasteiger partial charge in [0.25, 0.3) is 0 Å². The highest BCUT2D eigenvalue weighted by atomic mass is 16.5. The molecule has 0 aliphatic carbocycles. The van der Waals surface area contributed by atoms with E-state index in [4.69, 9.17) is 29.3 Å². The number of anilines is 2. The summed E-state index contributed by atoms with van der Waals surface area (Å²) in [6, 6.07) is 7.62. The van der Waals surface area contributed by atoms with Gasteiger partial charge in [-0.1, -0.05) is 12.1 Å². The smallest absolute Gasteiger partial charge is 0.411 e. The normalized spacial score (nSPS) is 22.8. The van der Waals surface area contributed by atoms with Crippen LogP contribution in [0.2, 0.25) is 0 Å². The molecule has 0 spiro atoms. The van der Waals surface area contributed by atoms with Gasteiger partial charge in [0.15, 0.2) is 5.65 Å². The van der Waals surface area contributed by atoms with Crippen LogP contribution in [0.3, 0.4) is 0 Å². The second-order valence-corrected chi connectivity index (χ2v) is 9.15. The lowest BCUT2D eigenvalue weighted by atomic mass is 9.93. The molecule has 2 unspecified atom stereocenters. The number of rotatable bonds is 4. The number of methoxy groups -OCH3 is 1. The fourth-order valence-electron chi connectivity index (χ4n) is 5.22. The van der Waals surface area contributed by atoms with E-state index < -0.39 is 6.09 Å². The fraction of sp³-hybridized carbons (Fsp3) is 0.500. The molecule has 5 heterocycles. The van der Waals surface area contributed by atoms with Gasteiger partial charge in [-0.05, 0) is 37.8 Å². The predicted octanol–water partition coefficient (Wildman–Crippen LogP) is 3.46. The number of aromatic amines is 1. The Morgan fingerprint density at radius 2 is 1.82 bits per heavy atom. The van der Waals surface area contributed by atoms with Crippen LogP contribution in [0.25, 0.3) is 22.3 Å². The number of ether oxygens (including phenoxy) is 3. The molecule has 2 bridgehead atoms. The number of carbonyl (C=O) groups is 1. The van der Waals surface area contributed by atoms with Gasteiger partial charge >= 0.3 is 6.09 Å². The topological polar surface area (TPSA) is 114 Å². The van der Waals surface area contributed by atoms with E-state index >= 15 is 0 Å². The molecule has 2 atom stereocenters. The molecular weight excluding hydrogens is 436 g/mol. The van der Waals surface area contributed by atoms with E-state index in [1.807, 2.05) is 24.3 Å². The molecule has 3 aromatic rings. The number of amides is 1. The van der Waals surface area contributed by atoms with E-state index in [0.717, 1.165) is 80.0 Å². The first kappa shape index (κ1) is 21.3. The minimum absolute atomic E-state index is 0.241. The summed E-state index contributed by atoms with van der Waals surface area (Å²) < 4.78 is 16.3. The fourth-order valence-corrected chi connectivity index (χ4v) is 5.22. The molecule has 6 rings (SSSR count). The summed E-state index contributed by atoms with van der Waals surface area (Å²) in [4.78, 5) is 23.8. The van der Waals surface area contributed by atoms with Gasteiger partial charge in [-0.2, -0.15) is 10.1 Å². The zero-order chi connectivity index (χ0) is 23.1. The van der Waals surface area contributed by atoms with E-state index in [1.54, 1.807) is 0 Å². The number of aromatic nitrogens is 4. The van der Waals surface area contributed by atoms with E-state index in [-0.39, 0.29) is 12.2 Å². The molecule has 2 N–H and O–H groups in total. The van der Waals surface area contributed by atoms with Gasteiger partial charge in [-0.15, -0.1) is 0 Å². The van der Waals surface area contributed by atoms with Crippen molar-refractivity contribution in [2.75, 3.05) is 43.6 Å². The summed E-state index contributed by atoms with van der Waals surface area (Å²) in [5, 5.41) is 11.5. The van der Waals surface area contributed by atoms with Crippen LogP contribution in [0, 0.1) is 0 Å². The predicted molar refractivity (Wildman–Crippen MR) is 126 cm³/mol. The number of hydrogen-bond donors (Lipinski definition) is 2. The molecule has 3 aliphatic heterocycles. The number of carbonyl (C=O) groups excluding carboxylic acids is 1. The Hall–Kier alpha value is -3.24. The lowest BCUT2D eigenvalue weighted by Crippen LogP contribution is -2.43. The Labute approximate surface area is 197 Å².